The fourth-order valence-corrected chi connectivity index (χ4v) is 4.39. The number of carbonyl (C=O) groups excluding carboxylic acids is 2. The number of halogens is 1. The fourth-order valence-electron chi connectivity index (χ4n) is 3.78. The van der Waals surface area contributed by atoms with Crippen LogP contribution >= 0.6 is 15.9 Å². The van der Waals surface area contributed by atoms with Crippen LogP contribution in [0.15, 0.2) is 65.1 Å². The third-order valence-corrected chi connectivity index (χ3v) is 6.54. The van der Waals surface area contributed by atoms with E-state index in [1.807, 2.05) is 88.4 Å². The number of rotatable bonds is 10. The minimum Gasteiger partial charge on any atom is -0.483 e. The second-order valence-corrected chi connectivity index (χ2v) is 9.75. The van der Waals surface area contributed by atoms with Gasteiger partial charge in [-0.1, -0.05) is 80.9 Å². The SMILES string of the molecule is CC[C@H](C(=O)NCC(C)C)N(Cc1ccc(C)cc1)C(=O)COc1ccc2ccccc2c1Br. The highest BCUT2D eigenvalue weighted by molar-refractivity contribution is 9.10. The number of aryl methyl sites for hydroxylation is 1. The van der Waals surface area contributed by atoms with Crippen LogP contribution in [-0.4, -0.2) is 35.9 Å². The average Bonchev–Trinajstić information content (AvgIpc) is 2.83. The number of fused-ring (bicyclic) bond motifs is 1. The number of hydrogen-bond donors (Lipinski definition) is 1. The molecule has 180 valence electrons. The predicted molar refractivity (Wildman–Crippen MR) is 141 cm³/mol. The molecule has 2 amide bonds. The van der Waals surface area contributed by atoms with E-state index in [2.05, 4.69) is 21.2 Å². The minimum atomic E-state index is -0.573. The highest BCUT2D eigenvalue weighted by atomic mass is 79.9. The number of nitrogens with zero attached hydrogens (tertiary/aromatic N) is 1. The van der Waals surface area contributed by atoms with E-state index in [0.29, 0.717) is 31.2 Å². The van der Waals surface area contributed by atoms with Crippen LogP contribution in [0.25, 0.3) is 10.8 Å². The maximum atomic E-state index is 13.4. The van der Waals surface area contributed by atoms with Crippen LogP contribution in [0.2, 0.25) is 0 Å². The van der Waals surface area contributed by atoms with Crippen molar-refractivity contribution in [3.8, 4) is 5.75 Å². The van der Waals surface area contributed by atoms with Crippen LogP contribution in [0.4, 0.5) is 0 Å². The molecule has 3 aromatic carbocycles. The van der Waals surface area contributed by atoms with Crippen LogP contribution in [0.3, 0.4) is 0 Å². The summed E-state index contributed by atoms with van der Waals surface area (Å²) in [6, 6.07) is 19.3. The molecule has 3 rings (SSSR count). The molecule has 34 heavy (non-hydrogen) atoms. The van der Waals surface area contributed by atoms with Crippen molar-refractivity contribution in [2.45, 2.75) is 46.7 Å². The monoisotopic (exact) mass is 524 g/mol. The largest absolute Gasteiger partial charge is 0.483 e. The summed E-state index contributed by atoms with van der Waals surface area (Å²) in [5, 5.41) is 5.09. The summed E-state index contributed by atoms with van der Waals surface area (Å²) < 4.78 is 6.76. The molecule has 0 saturated carbocycles. The smallest absolute Gasteiger partial charge is 0.261 e. The number of carbonyl (C=O) groups is 2. The van der Waals surface area contributed by atoms with Gasteiger partial charge in [-0.05, 0) is 57.6 Å². The van der Waals surface area contributed by atoms with E-state index >= 15 is 0 Å². The highest BCUT2D eigenvalue weighted by Gasteiger charge is 2.29. The molecule has 1 atom stereocenters. The molecule has 0 bridgehead atoms. The molecule has 0 aromatic heterocycles. The summed E-state index contributed by atoms with van der Waals surface area (Å²) in [5.74, 6) is 0.562. The number of amides is 2. The molecule has 0 spiro atoms. The number of ether oxygens (including phenoxy) is 1. The van der Waals surface area contributed by atoms with Crippen LogP contribution in [0, 0.1) is 12.8 Å². The second kappa shape index (κ2) is 12.0. The van der Waals surface area contributed by atoms with Crippen molar-refractivity contribution >= 4 is 38.5 Å². The Kier molecular flexibility index (Phi) is 9.11. The van der Waals surface area contributed by atoms with Gasteiger partial charge in [-0.3, -0.25) is 9.59 Å². The fraction of sp³-hybridized carbons (Fsp3) is 0.357. The van der Waals surface area contributed by atoms with Gasteiger partial charge in [0.15, 0.2) is 6.61 Å². The summed E-state index contributed by atoms with van der Waals surface area (Å²) >= 11 is 3.62. The molecule has 0 saturated heterocycles. The Labute approximate surface area is 210 Å². The molecule has 0 aliphatic heterocycles. The molecule has 0 fully saturated rings. The van der Waals surface area contributed by atoms with Crippen molar-refractivity contribution in [3.05, 3.63) is 76.3 Å². The van der Waals surface area contributed by atoms with Gasteiger partial charge in [0.05, 0.1) is 4.47 Å². The Morgan fingerprint density at radius 2 is 1.74 bits per heavy atom. The number of nitrogens with one attached hydrogen (secondary N) is 1. The lowest BCUT2D eigenvalue weighted by atomic mass is 10.1. The number of benzene rings is 3. The third kappa shape index (κ3) is 6.60. The van der Waals surface area contributed by atoms with E-state index in [0.717, 1.165) is 26.4 Å². The second-order valence-electron chi connectivity index (χ2n) is 8.96. The highest BCUT2D eigenvalue weighted by Crippen LogP contribution is 2.33. The molecule has 0 aliphatic rings. The van der Waals surface area contributed by atoms with Gasteiger partial charge >= 0.3 is 0 Å². The lowest BCUT2D eigenvalue weighted by molar-refractivity contribution is -0.143. The predicted octanol–water partition coefficient (Wildman–Crippen LogP) is 5.87. The van der Waals surface area contributed by atoms with Gasteiger partial charge in [0.2, 0.25) is 5.91 Å². The van der Waals surface area contributed by atoms with Gasteiger partial charge in [0.1, 0.15) is 11.8 Å². The normalized spacial score (nSPS) is 11.9. The van der Waals surface area contributed by atoms with Gasteiger partial charge in [0.25, 0.3) is 5.91 Å². The molecule has 3 aromatic rings. The number of hydrogen-bond acceptors (Lipinski definition) is 3. The lowest BCUT2D eigenvalue weighted by Gasteiger charge is -2.31. The zero-order chi connectivity index (χ0) is 24.7. The van der Waals surface area contributed by atoms with Crippen LogP contribution in [-0.2, 0) is 16.1 Å². The van der Waals surface area contributed by atoms with Crippen LogP contribution < -0.4 is 10.1 Å². The molecule has 0 radical (unpaired) electrons. The topological polar surface area (TPSA) is 58.6 Å². The summed E-state index contributed by atoms with van der Waals surface area (Å²) in [5.41, 5.74) is 2.12. The van der Waals surface area contributed by atoms with Crippen LogP contribution in [0.1, 0.15) is 38.3 Å². The quantitative estimate of drug-likeness (QED) is 0.360. The zero-order valence-corrected chi connectivity index (χ0v) is 21.9. The molecule has 0 unspecified atom stereocenters. The summed E-state index contributed by atoms with van der Waals surface area (Å²) in [7, 11) is 0. The van der Waals surface area contributed by atoms with Crippen molar-refractivity contribution in [2.24, 2.45) is 5.92 Å². The molecular formula is C28H33BrN2O3. The molecule has 6 heteroatoms. The molecule has 1 N–H and O–H groups in total. The van der Waals surface area contributed by atoms with Gasteiger partial charge in [-0.25, -0.2) is 0 Å². The van der Waals surface area contributed by atoms with E-state index in [1.54, 1.807) is 4.90 Å². The maximum absolute atomic E-state index is 13.4. The first-order valence-corrected chi connectivity index (χ1v) is 12.5. The Morgan fingerprint density at radius 3 is 2.41 bits per heavy atom. The first-order valence-electron chi connectivity index (χ1n) is 11.7. The van der Waals surface area contributed by atoms with E-state index < -0.39 is 6.04 Å². The van der Waals surface area contributed by atoms with Crippen molar-refractivity contribution in [1.82, 2.24) is 10.2 Å². The first kappa shape index (κ1) is 25.8. The summed E-state index contributed by atoms with van der Waals surface area (Å²) in [6.07, 6.45) is 0.515. The van der Waals surface area contributed by atoms with E-state index in [1.165, 1.54) is 0 Å². The Balaban J connectivity index is 1.81. The Hall–Kier alpha value is -2.86. The van der Waals surface area contributed by atoms with E-state index in [9.17, 15) is 9.59 Å². The minimum absolute atomic E-state index is 0.136. The standard InChI is InChI=1S/C28H33BrN2O3/c1-5-24(28(33)30-16-19(2)3)31(17-21-12-10-20(4)11-13-21)26(32)18-34-25-15-14-22-8-6-7-9-23(22)27(25)29/h6-15,19,24H,5,16-18H2,1-4H3,(H,30,33)/t24-/m1/s1. The van der Waals surface area contributed by atoms with E-state index in [-0.39, 0.29) is 18.4 Å². The van der Waals surface area contributed by atoms with Crippen molar-refractivity contribution < 1.29 is 14.3 Å². The van der Waals surface area contributed by atoms with Gasteiger partial charge in [0, 0.05) is 13.1 Å². The van der Waals surface area contributed by atoms with Crippen molar-refractivity contribution in [1.29, 1.82) is 0 Å². The average molecular weight is 525 g/mol. The molecule has 0 aliphatic carbocycles. The molecular weight excluding hydrogens is 492 g/mol. The Bertz CT molecular complexity index is 1130. The van der Waals surface area contributed by atoms with Gasteiger partial charge in [-0.2, -0.15) is 0 Å². The maximum Gasteiger partial charge on any atom is 0.261 e. The summed E-state index contributed by atoms with van der Waals surface area (Å²) in [4.78, 5) is 28.0. The van der Waals surface area contributed by atoms with Gasteiger partial charge in [-0.15, -0.1) is 0 Å². The van der Waals surface area contributed by atoms with Gasteiger partial charge < -0.3 is 15.0 Å². The molecule has 0 heterocycles. The lowest BCUT2D eigenvalue weighted by Crippen LogP contribution is -2.50. The Morgan fingerprint density at radius 1 is 1.03 bits per heavy atom. The third-order valence-electron chi connectivity index (χ3n) is 5.72. The van der Waals surface area contributed by atoms with Crippen molar-refractivity contribution in [2.75, 3.05) is 13.2 Å². The molecule has 5 nitrogen and oxygen atoms in total. The summed E-state index contributed by atoms with van der Waals surface area (Å²) in [6.45, 7) is 8.80. The zero-order valence-electron chi connectivity index (χ0n) is 20.3. The van der Waals surface area contributed by atoms with Crippen LogP contribution in [0.5, 0.6) is 5.75 Å². The first-order chi connectivity index (χ1) is 16.3. The van der Waals surface area contributed by atoms with Crippen molar-refractivity contribution in [3.63, 3.8) is 0 Å². The van der Waals surface area contributed by atoms with E-state index in [4.69, 9.17) is 4.74 Å².